The third-order valence-corrected chi connectivity index (χ3v) is 3.30. The van der Waals surface area contributed by atoms with E-state index in [-0.39, 0.29) is 18.3 Å². The number of aliphatic carboxylic acids is 2. The van der Waals surface area contributed by atoms with Gasteiger partial charge in [-0.15, -0.1) is 0 Å². The van der Waals surface area contributed by atoms with E-state index in [4.69, 9.17) is 10.2 Å². The van der Waals surface area contributed by atoms with Gasteiger partial charge >= 0.3 is 11.9 Å². The van der Waals surface area contributed by atoms with Crippen LogP contribution in [0.2, 0.25) is 0 Å². The van der Waals surface area contributed by atoms with E-state index in [1.54, 1.807) is 0 Å². The van der Waals surface area contributed by atoms with Crippen LogP contribution in [0.25, 0.3) is 0 Å². The van der Waals surface area contributed by atoms with Gasteiger partial charge in [-0.25, -0.2) is 0 Å². The van der Waals surface area contributed by atoms with Gasteiger partial charge in [0.25, 0.3) is 0 Å². The Morgan fingerprint density at radius 2 is 1.56 bits per heavy atom. The van der Waals surface area contributed by atoms with E-state index in [0.29, 0.717) is 12.8 Å². The molecule has 0 spiro atoms. The molecule has 18 heavy (non-hydrogen) atoms. The van der Waals surface area contributed by atoms with E-state index in [2.05, 4.69) is 6.92 Å². The number of carboxylic acid groups (broad SMARTS) is 2. The summed E-state index contributed by atoms with van der Waals surface area (Å²) < 4.78 is 0. The third-order valence-electron chi connectivity index (χ3n) is 3.30. The summed E-state index contributed by atoms with van der Waals surface area (Å²) in [4.78, 5) is 21.9. The fourth-order valence-corrected chi connectivity index (χ4v) is 2.24. The lowest BCUT2D eigenvalue weighted by molar-refractivity contribution is -0.144. The summed E-state index contributed by atoms with van der Waals surface area (Å²) in [5, 5.41) is 18.0. The van der Waals surface area contributed by atoms with E-state index >= 15 is 0 Å². The van der Waals surface area contributed by atoms with Crippen molar-refractivity contribution >= 4 is 11.9 Å². The van der Waals surface area contributed by atoms with Crippen molar-refractivity contribution in [3.63, 3.8) is 0 Å². The fraction of sp³-hybridized carbons (Fsp3) is 0.857. The third kappa shape index (κ3) is 8.09. The fourth-order valence-electron chi connectivity index (χ4n) is 2.24. The quantitative estimate of drug-likeness (QED) is 0.594. The lowest BCUT2D eigenvalue weighted by Crippen LogP contribution is -2.20. The van der Waals surface area contributed by atoms with Crippen LogP contribution in [-0.4, -0.2) is 22.2 Å². The zero-order valence-electron chi connectivity index (χ0n) is 11.5. The van der Waals surface area contributed by atoms with E-state index < -0.39 is 11.9 Å². The Bertz CT molecular complexity index is 250. The molecule has 0 bridgehead atoms. The predicted molar refractivity (Wildman–Crippen MR) is 70.5 cm³/mol. The molecule has 0 aromatic heterocycles. The van der Waals surface area contributed by atoms with Crippen LogP contribution >= 0.6 is 0 Å². The molecule has 2 unspecified atom stereocenters. The Morgan fingerprint density at radius 1 is 1.00 bits per heavy atom. The zero-order valence-corrected chi connectivity index (χ0v) is 11.5. The van der Waals surface area contributed by atoms with Crippen molar-refractivity contribution in [2.24, 2.45) is 11.8 Å². The van der Waals surface area contributed by atoms with E-state index in [0.717, 1.165) is 32.1 Å². The second kappa shape index (κ2) is 9.92. The molecule has 0 aromatic carbocycles. The minimum absolute atomic E-state index is 0.000376. The van der Waals surface area contributed by atoms with Crippen molar-refractivity contribution in [1.29, 1.82) is 0 Å². The van der Waals surface area contributed by atoms with Gasteiger partial charge in [0.05, 0.1) is 5.92 Å². The van der Waals surface area contributed by atoms with E-state index in [9.17, 15) is 9.59 Å². The van der Waals surface area contributed by atoms with Crippen molar-refractivity contribution in [3.8, 4) is 0 Å². The molecule has 2 N–H and O–H groups in total. The van der Waals surface area contributed by atoms with Crippen LogP contribution in [0.1, 0.15) is 65.2 Å². The second-order valence-corrected chi connectivity index (χ2v) is 5.02. The Balaban J connectivity index is 4.37. The molecule has 0 radical (unpaired) electrons. The molecular formula is C14H26O4. The van der Waals surface area contributed by atoms with Gasteiger partial charge in [0.2, 0.25) is 0 Å². The van der Waals surface area contributed by atoms with Crippen LogP contribution < -0.4 is 0 Å². The molecule has 0 fully saturated rings. The molecule has 0 rings (SSSR count). The lowest BCUT2D eigenvalue weighted by Gasteiger charge is -2.19. The second-order valence-electron chi connectivity index (χ2n) is 5.02. The smallest absolute Gasteiger partial charge is 0.306 e. The Kier molecular flexibility index (Phi) is 9.33. The topological polar surface area (TPSA) is 74.6 Å². The van der Waals surface area contributed by atoms with Crippen molar-refractivity contribution in [2.75, 3.05) is 0 Å². The predicted octanol–water partition coefficient (Wildman–Crippen LogP) is 3.55. The van der Waals surface area contributed by atoms with Crippen molar-refractivity contribution in [3.05, 3.63) is 0 Å². The average Bonchev–Trinajstić information content (AvgIpc) is 2.30. The molecule has 0 heterocycles. The maximum absolute atomic E-state index is 11.2. The number of carboxylic acids is 2. The minimum atomic E-state index is -0.823. The van der Waals surface area contributed by atoms with Gasteiger partial charge in [-0.2, -0.15) is 0 Å². The van der Waals surface area contributed by atoms with Crippen molar-refractivity contribution < 1.29 is 19.8 Å². The van der Waals surface area contributed by atoms with Gasteiger partial charge in [-0.1, -0.05) is 39.5 Å². The highest BCUT2D eigenvalue weighted by Crippen LogP contribution is 2.25. The van der Waals surface area contributed by atoms with Crippen LogP contribution in [-0.2, 0) is 9.59 Å². The highest BCUT2D eigenvalue weighted by molar-refractivity contribution is 5.70. The average molecular weight is 258 g/mol. The summed E-state index contributed by atoms with van der Waals surface area (Å²) in [6.07, 6.45) is 5.93. The largest absolute Gasteiger partial charge is 0.481 e. The Hall–Kier alpha value is -1.06. The number of rotatable bonds is 11. The Labute approximate surface area is 109 Å². The molecule has 106 valence electrons. The Morgan fingerprint density at radius 3 is 2.00 bits per heavy atom. The number of unbranched alkanes of at least 4 members (excludes halogenated alkanes) is 2. The van der Waals surface area contributed by atoms with Gasteiger partial charge in [-0.3, -0.25) is 9.59 Å². The standard InChI is InChI=1S/C14H26O4/c1-3-5-7-11(10-13(15)16)9-12(14(17)18)8-6-4-2/h11-12H,3-10H2,1-2H3,(H,15,16)(H,17,18). The van der Waals surface area contributed by atoms with E-state index in [1.165, 1.54) is 0 Å². The summed E-state index contributed by atoms with van der Waals surface area (Å²) in [5.74, 6) is -1.99. The highest BCUT2D eigenvalue weighted by atomic mass is 16.4. The first-order valence-electron chi connectivity index (χ1n) is 6.95. The molecule has 4 heteroatoms. The van der Waals surface area contributed by atoms with Crippen LogP contribution in [0.3, 0.4) is 0 Å². The molecule has 0 saturated heterocycles. The maximum atomic E-state index is 11.2. The van der Waals surface area contributed by atoms with Gasteiger partial charge in [-0.05, 0) is 25.2 Å². The van der Waals surface area contributed by atoms with Gasteiger partial charge < -0.3 is 10.2 Å². The van der Waals surface area contributed by atoms with Gasteiger partial charge in [0.1, 0.15) is 0 Å². The summed E-state index contributed by atoms with van der Waals surface area (Å²) in [6.45, 7) is 4.09. The lowest BCUT2D eigenvalue weighted by atomic mass is 9.86. The first-order chi connectivity index (χ1) is 8.51. The SMILES string of the molecule is CCCCC(CC(=O)O)CC(CCCC)C(=O)O. The molecule has 0 aromatic rings. The number of carbonyl (C=O) groups is 2. The first-order valence-corrected chi connectivity index (χ1v) is 6.95. The van der Waals surface area contributed by atoms with Crippen LogP contribution in [0.15, 0.2) is 0 Å². The summed E-state index contributed by atoms with van der Waals surface area (Å²) in [6, 6.07) is 0. The molecule has 2 atom stereocenters. The summed E-state index contributed by atoms with van der Waals surface area (Å²) in [5.41, 5.74) is 0. The van der Waals surface area contributed by atoms with Crippen LogP contribution in [0.4, 0.5) is 0 Å². The van der Waals surface area contributed by atoms with Crippen molar-refractivity contribution in [1.82, 2.24) is 0 Å². The summed E-state index contributed by atoms with van der Waals surface area (Å²) >= 11 is 0. The number of hydrogen-bond acceptors (Lipinski definition) is 2. The maximum Gasteiger partial charge on any atom is 0.306 e. The highest BCUT2D eigenvalue weighted by Gasteiger charge is 2.23. The molecule has 0 aliphatic carbocycles. The zero-order chi connectivity index (χ0) is 14.0. The molecular weight excluding hydrogens is 232 g/mol. The molecule has 0 saturated carbocycles. The normalized spacial score (nSPS) is 14.1. The summed E-state index contributed by atoms with van der Waals surface area (Å²) in [7, 11) is 0. The molecule has 0 aliphatic heterocycles. The van der Waals surface area contributed by atoms with E-state index in [1.807, 2.05) is 6.92 Å². The molecule has 0 aliphatic rings. The number of hydrogen-bond donors (Lipinski definition) is 2. The van der Waals surface area contributed by atoms with Crippen molar-refractivity contribution in [2.45, 2.75) is 65.2 Å². The first kappa shape index (κ1) is 16.9. The molecule has 0 amide bonds. The van der Waals surface area contributed by atoms with Gasteiger partial charge in [0.15, 0.2) is 0 Å². The minimum Gasteiger partial charge on any atom is -0.481 e. The van der Waals surface area contributed by atoms with Crippen LogP contribution in [0, 0.1) is 11.8 Å². The van der Waals surface area contributed by atoms with Crippen LogP contribution in [0.5, 0.6) is 0 Å². The molecule has 4 nitrogen and oxygen atoms in total. The monoisotopic (exact) mass is 258 g/mol. The van der Waals surface area contributed by atoms with Gasteiger partial charge in [0, 0.05) is 6.42 Å².